The molecular formula is C15H23NO. The topological polar surface area (TPSA) is 21.3 Å². The highest BCUT2D eigenvalue weighted by molar-refractivity contribution is 5.37. The Morgan fingerprint density at radius 3 is 2.88 bits per heavy atom. The van der Waals surface area contributed by atoms with Crippen LogP contribution in [0.3, 0.4) is 0 Å². The van der Waals surface area contributed by atoms with Gasteiger partial charge in [-0.1, -0.05) is 44.9 Å². The lowest BCUT2D eigenvalue weighted by molar-refractivity contribution is 0.171. The second-order valence-electron chi connectivity index (χ2n) is 4.77. The van der Waals surface area contributed by atoms with Crippen LogP contribution in [0.15, 0.2) is 24.3 Å². The molecule has 0 fully saturated rings. The molecule has 2 unspecified atom stereocenters. The zero-order chi connectivity index (χ0) is 12.1. The summed E-state index contributed by atoms with van der Waals surface area (Å²) in [5.74, 6) is 1.08. The van der Waals surface area contributed by atoms with Crippen LogP contribution in [0.2, 0.25) is 0 Å². The zero-order valence-corrected chi connectivity index (χ0v) is 10.9. The molecule has 2 rings (SSSR count). The summed E-state index contributed by atoms with van der Waals surface area (Å²) in [7, 11) is 0. The van der Waals surface area contributed by atoms with Crippen LogP contribution in [0.4, 0.5) is 0 Å². The molecule has 2 nitrogen and oxygen atoms in total. The van der Waals surface area contributed by atoms with Gasteiger partial charge in [0.1, 0.15) is 11.9 Å². The summed E-state index contributed by atoms with van der Waals surface area (Å²) in [6, 6.07) is 8.90. The smallest absolute Gasteiger partial charge is 0.123 e. The number of ether oxygens (including phenoxy) is 1. The molecule has 0 aromatic heterocycles. The van der Waals surface area contributed by atoms with Crippen molar-refractivity contribution in [3.63, 3.8) is 0 Å². The highest BCUT2D eigenvalue weighted by Gasteiger charge is 2.28. The summed E-state index contributed by atoms with van der Waals surface area (Å²) in [5, 5.41) is 3.57. The van der Waals surface area contributed by atoms with E-state index in [2.05, 4.69) is 43.4 Å². The van der Waals surface area contributed by atoms with Crippen molar-refractivity contribution in [2.75, 3.05) is 6.54 Å². The van der Waals surface area contributed by atoms with Crippen molar-refractivity contribution in [1.82, 2.24) is 5.32 Å². The fraction of sp³-hybridized carbons (Fsp3) is 0.600. The number of hydrogen-bond acceptors (Lipinski definition) is 2. The number of fused-ring (bicyclic) bond motifs is 1. The van der Waals surface area contributed by atoms with Crippen LogP contribution in [0.5, 0.6) is 5.75 Å². The lowest BCUT2D eigenvalue weighted by atomic mass is 10.00. The second kappa shape index (κ2) is 6.06. The number of nitrogens with one attached hydrogen (secondary N) is 1. The quantitative estimate of drug-likeness (QED) is 0.815. The van der Waals surface area contributed by atoms with Crippen molar-refractivity contribution >= 4 is 0 Å². The van der Waals surface area contributed by atoms with Crippen molar-refractivity contribution in [3.8, 4) is 5.75 Å². The lowest BCUT2D eigenvalue weighted by Crippen LogP contribution is -2.42. The van der Waals surface area contributed by atoms with Gasteiger partial charge in [0, 0.05) is 12.5 Å². The molecule has 0 saturated heterocycles. The van der Waals surface area contributed by atoms with E-state index in [4.69, 9.17) is 4.74 Å². The third-order valence-electron chi connectivity index (χ3n) is 3.46. The molecule has 2 heteroatoms. The molecule has 0 aliphatic carbocycles. The van der Waals surface area contributed by atoms with Crippen molar-refractivity contribution < 1.29 is 4.74 Å². The van der Waals surface area contributed by atoms with Crippen molar-refractivity contribution in [3.05, 3.63) is 29.8 Å². The first kappa shape index (κ1) is 12.4. The minimum Gasteiger partial charge on any atom is -0.488 e. The summed E-state index contributed by atoms with van der Waals surface area (Å²) >= 11 is 0. The largest absolute Gasteiger partial charge is 0.488 e. The highest BCUT2D eigenvalue weighted by atomic mass is 16.5. The van der Waals surface area contributed by atoms with E-state index >= 15 is 0 Å². The molecule has 1 aromatic rings. The maximum absolute atomic E-state index is 6.06. The Balaban J connectivity index is 1.98. The number of hydrogen-bond donors (Lipinski definition) is 1. The van der Waals surface area contributed by atoms with Crippen LogP contribution in [-0.2, 0) is 6.42 Å². The minimum atomic E-state index is 0.318. The molecule has 94 valence electrons. The number of benzene rings is 1. The number of likely N-dealkylation sites (N-methyl/N-ethyl adjacent to an activating group) is 1. The first-order chi connectivity index (χ1) is 8.35. The van der Waals surface area contributed by atoms with Crippen LogP contribution < -0.4 is 10.1 Å². The summed E-state index contributed by atoms with van der Waals surface area (Å²) in [6.45, 7) is 5.43. The van der Waals surface area contributed by atoms with Gasteiger partial charge in [-0.05, 0) is 24.6 Å². The molecule has 1 N–H and O–H groups in total. The monoisotopic (exact) mass is 233 g/mol. The first-order valence-corrected chi connectivity index (χ1v) is 6.83. The maximum atomic E-state index is 6.06. The SMILES string of the molecule is CCCCC(NCC)C1Cc2ccccc2O1. The molecule has 0 bridgehead atoms. The Labute approximate surface area is 104 Å². The molecule has 2 atom stereocenters. The zero-order valence-electron chi connectivity index (χ0n) is 10.9. The molecular weight excluding hydrogens is 210 g/mol. The Hall–Kier alpha value is -1.02. The summed E-state index contributed by atoms with van der Waals surface area (Å²) in [6.07, 6.45) is 5.11. The third kappa shape index (κ3) is 3.01. The number of para-hydroxylation sites is 1. The molecule has 17 heavy (non-hydrogen) atoms. The molecule has 0 amide bonds. The molecule has 0 spiro atoms. The predicted octanol–water partition coefficient (Wildman–Crippen LogP) is 3.16. The van der Waals surface area contributed by atoms with Crippen molar-refractivity contribution in [2.45, 2.75) is 51.7 Å². The Morgan fingerprint density at radius 2 is 2.18 bits per heavy atom. The highest BCUT2D eigenvalue weighted by Crippen LogP contribution is 2.30. The van der Waals surface area contributed by atoms with E-state index in [0.717, 1.165) is 18.7 Å². The van der Waals surface area contributed by atoms with Crippen molar-refractivity contribution in [2.24, 2.45) is 0 Å². The van der Waals surface area contributed by atoms with Gasteiger partial charge in [0.15, 0.2) is 0 Å². The van der Waals surface area contributed by atoms with Gasteiger partial charge in [-0.2, -0.15) is 0 Å². The van der Waals surface area contributed by atoms with E-state index < -0.39 is 0 Å². The van der Waals surface area contributed by atoms with Crippen LogP contribution in [0.25, 0.3) is 0 Å². The summed E-state index contributed by atoms with van der Waals surface area (Å²) in [4.78, 5) is 0. The molecule has 1 aliphatic rings. The van der Waals surface area contributed by atoms with Gasteiger partial charge >= 0.3 is 0 Å². The predicted molar refractivity (Wildman–Crippen MR) is 71.6 cm³/mol. The van der Waals surface area contributed by atoms with Gasteiger partial charge in [-0.15, -0.1) is 0 Å². The lowest BCUT2D eigenvalue weighted by Gasteiger charge is -2.24. The van der Waals surface area contributed by atoms with Crippen molar-refractivity contribution in [1.29, 1.82) is 0 Å². The number of rotatable bonds is 6. The van der Waals surface area contributed by atoms with Crippen LogP contribution >= 0.6 is 0 Å². The van der Waals surface area contributed by atoms with E-state index in [9.17, 15) is 0 Å². The second-order valence-corrected chi connectivity index (χ2v) is 4.77. The van der Waals surface area contributed by atoms with E-state index in [1.54, 1.807) is 0 Å². The van der Waals surface area contributed by atoms with Gasteiger partial charge < -0.3 is 10.1 Å². The third-order valence-corrected chi connectivity index (χ3v) is 3.46. The van der Waals surface area contributed by atoms with E-state index in [0.29, 0.717) is 12.1 Å². The van der Waals surface area contributed by atoms with Crippen LogP contribution in [-0.4, -0.2) is 18.7 Å². The average Bonchev–Trinajstić information content (AvgIpc) is 2.78. The van der Waals surface area contributed by atoms with Gasteiger partial charge in [-0.3, -0.25) is 0 Å². The standard InChI is InChI=1S/C15H23NO/c1-3-5-9-13(16-4-2)15-11-12-8-6-7-10-14(12)17-15/h6-8,10,13,15-16H,3-5,9,11H2,1-2H3. The maximum Gasteiger partial charge on any atom is 0.123 e. The number of unbranched alkanes of at least 4 members (excludes halogenated alkanes) is 1. The normalized spacial score (nSPS) is 19.8. The Bertz CT molecular complexity index is 326. The fourth-order valence-electron chi connectivity index (χ4n) is 2.54. The summed E-state index contributed by atoms with van der Waals surface area (Å²) < 4.78 is 6.06. The molecule has 1 heterocycles. The van der Waals surface area contributed by atoms with Crippen LogP contribution in [0.1, 0.15) is 38.7 Å². The minimum absolute atomic E-state index is 0.318. The molecule has 1 aliphatic heterocycles. The van der Waals surface area contributed by atoms with E-state index in [-0.39, 0.29) is 0 Å². The average molecular weight is 233 g/mol. The van der Waals surface area contributed by atoms with Crippen LogP contribution in [0, 0.1) is 0 Å². The Kier molecular flexibility index (Phi) is 4.43. The van der Waals surface area contributed by atoms with Gasteiger partial charge in [0.05, 0.1) is 0 Å². The fourth-order valence-corrected chi connectivity index (χ4v) is 2.54. The first-order valence-electron chi connectivity index (χ1n) is 6.83. The molecule has 0 saturated carbocycles. The van der Waals surface area contributed by atoms with E-state index in [1.165, 1.54) is 24.8 Å². The van der Waals surface area contributed by atoms with Gasteiger partial charge in [0.25, 0.3) is 0 Å². The van der Waals surface area contributed by atoms with Gasteiger partial charge in [-0.25, -0.2) is 0 Å². The Morgan fingerprint density at radius 1 is 1.35 bits per heavy atom. The van der Waals surface area contributed by atoms with E-state index in [1.807, 2.05) is 0 Å². The summed E-state index contributed by atoms with van der Waals surface area (Å²) in [5.41, 5.74) is 1.36. The molecule has 1 aromatic carbocycles. The van der Waals surface area contributed by atoms with Gasteiger partial charge in [0.2, 0.25) is 0 Å². The molecule has 0 radical (unpaired) electrons.